The molecule has 0 fully saturated rings. The third-order valence-electron chi connectivity index (χ3n) is 5.59. The molecule has 4 rings (SSSR count). The number of anilines is 2. The number of H-pyrrole nitrogens is 1. The molecule has 0 unspecified atom stereocenters. The SMILES string of the molecule is CCN(CC)c1ccc(-c2nc3cc4c(cc3[nH]2)C(C)(C)CC(=O)N4)c(O)c1. The van der Waals surface area contributed by atoms with Crippen LogP contribution >= 0.6 is 0 Å². The van der Waals surface area contributed by atoms with E-state index in [4.69, 9.17) is 0 Å². The summed E-state index contributed by atoms with van der Waals surface area (Å²) in [6.07, 6.45) is 0.458. The summed E-state index contributed by atoms with van der Waals surface area (Å²) in [7, 11) is 0. The van der Waals surface area contributed by atoms with Crippen LogP contribution in [0.15, 0.2) is 30.3 Å². The van der Waals surface area contributed by atoms with Crippen LogP contribution in [0.2, 0.25) is 0 Å². The molecule has 3 N–H and O–H groups in total. The first-order chi connectivity index (χ1) is 13.3. The molecule has 3 aromatic rings. The van der Waals surface area contributed by atoms with Gasteiger partial charge in [0.15, 0.2) is 0 Å². The van der Waals surface area contributed by atoms with Gasteiger partial charge in [0, 0.05) is 42.4 Å². The second-order valence-electron chi connectivity index (χ2n) is 7.98. The van der Waals surface area contributed by atoms with E-state index in [0.29, 0.717) is 17.8 Å². The molecule has 0 spiro atoms. The van der Waals surface area contributed by atoms with Gasteiger partial charge in [0.1, 0.15) is 11.6 Å². The number of nitrogens with zero attached hydrogens (tertiary/aromatic N) is 2. The largest absolute Gasteiger partial charge is 0.507 e. The highest BCUT2D eigenvalue weighted by Crippen LogP contribution is 2.40. The number of aromatic amines is 1. The molecule has 1 amide bonds. The van der Waals surface area contributed by atoms with Crippen molar-refractivity contribution in [3.63, 3.8) is 0 Å². The Hall–Kier alpha value is -3.02. The van der Waals surface area contributed by atoms with E-state index in [1.54, 1.807) is 6.07 Å². The van der Waals surface area contributed by atoms with Crippen molar-refractivity contribution in [2.75, 3.05) is 23.3 Å². The fourth-order valence-electron chi connectivity index (χ4n) is 4.04. The number of rotatable bonds is 4. The van der Waals surface area contributed by atoms with E-state index >= 15 is 0 Å². The zero-order valence-electron chi connectivity index (χ0n) is 16.8. The van der Waals surface area contributed by atoms with Gasteiger partial charge in [0.05, 0.1) is 16.6 Å². The highest BCUT2D eigenvalue weighted by molar-refractivity contribution is 5.98. The number of benzene rings is 2. The number of hydrogen-bond donors (Lipinski definition) is 3. The van der Waals surface area contributed by atoms with Gasteiger partial charge in [-0.25, -0.2) is 4.98 Å². The van der Waals surface area contributed by atoms with E-state index < -0.39 is 0 Å². The molecular formula is C22H26N4O2. The number of amides is 1. The van der Waals surface area contributed by atoms with Crippen LogP contribution in [0.3, 0.4) is 0 Å². The molecule has 0 saturated heterocycles. The Balaban J connectivity index is 1.78. The molecule has 146 valence electrons. The van der Waals surface area contributed by atoms with Crippen LogP contribution in [0.4, 0.5) is 11.4 Å². The minimum absolute atomic E-state index is 0.0252. The van der Waals surface area contributed by atoms with Crippen molar-refractivity contribution in [2.45, 2.75) is 39.5 Å². The van der Waals surface area contributed by atoms with Crippen molar-refractivity contribution < 1.29 is 9.90 Å². The predicted octanol–water partition coefficient (Wildman–Crippen LogP) is 4.40. The van der Waals surface area contributed by atoms with Gasteiger partial charge in [-0.15, -0.1) is 0 Å². The Morgan fingerprint density at radius 2 is 1.93 bits per heavy atom. The summed E-state index contributed by atoms with van der Waals surface area (Å²) in [5, 5.41) is 13.5. The molecule has 2 heterocycles. The quantitative estimate of drug-likeness (QED) is 0.628. The minimum Gasteiger partial charge on any atom is -0.507 e. The topological polar surface area (TPSA) is 81.2 Å². The predicted molar refractivity (Wildman–Crippen MR) is 113 cm³/mol. The lowest BCUT2D eigenvalue weighted by Crippen LogP contribution is -2.32. The monoisotopic (exact) mass is 378 g/mol. The molecule has 0 radical (unpaired) electrons. The van der Waals surface area contributed by atoms with Crippen LogP contribution in [-0.4, -0.2) is 34.1 Å². The molecule has 0 atom stereocenters. The van der Waals surface area contributed by atoms with Gasteiger partial charge >= 0.3 is 0 Å². The van der Waals surface area contributed by atoms with Gasteiger partial charge in [-0.3, -0.25) is 4.79 Å². The Labute approximate surface area is 164 Å². The van der Waals surface area contributed by atoms with Crippen LogP contribution in [0.5, 0.6) is 5.75 Å². The Morgan fingerprint density at radius 1 is 1.18 bits per heavy atom. The minimum atomic E-state index is -0.231. The standard InChI is InChI=1S/C22H26N4O2/c1-5-26(6-2)13-7-8-14(19(27)9-13)21-24-17-10-15-16(11-18(17)25-21)23-20(28)12-22(15,3)4/h7-11,27H,5-6,12H2,1-4H3,(H,23,28)(H,24,25). The number of aromatic nitrogens is 2. The lowest BCUT2D eigenvalue weighted by atomic mass is 9.78. The molecular weight excluding hydrogens is 352 g/mol. The maximum absolute atomic E-state index is 12.0. The number of imidazole rings is 1. The van der Waals surface area contributed by atoms with Crippen molar-refractivity contribution in [3.05, 3.63) is 35.9 Å². The first kappa shape index (κ1) is 18.3. The van der Waals surface area contributed by atoms with Crippen LogP contribution in [0.1, 0.15) is 39.7 Å². The van der Waals surface area contributed by atoms with E-state index in [2.05, 4.69) is 53.9 Å². The molecule has 6 nitrogen and oxygen atoms in total. The lowest BCUT2D eigenvalue weighted by molar-refractivity contribution is -0.117. The highest BCUT2D eigenvalue weighted by atomic mass is 16.3. The van der Waals surface area contributed by atoms with E-state index in [0.717, 1.165) is 41.1 Å². The second-order valence-corrected chi connectivity index (χ2v) is 7.98. The number of carbonyl (C=O) groups excluding carboxylic acids is 1. The first-order valence-electron chi connectivity index (χ1n) is 9.75. The van der Waals surface area contributed by atoms with Crippen LogP contribution in [-0.2, 0) is 10.2 Å². The summed E-state index contributed by atoms with van der Waals surface area (Å²) in [5.74, 6) is 0.837. The molecule has 2 aromatic carbocycles. The van der Waals surface area contributed by atoms with Crippen LogP contribution < -0.4 is 10.2 Å². The van der Waals surface area contributed by atoms with Gasteiger partial charge < -0.3 is 20.3 Å². The molecule has 0 bridgehead atoms. The van der Waals surface area contributed by atoms with Gasteiger partial charge in [0.2, 0.25) is 5.91 Å². The first-order valence-corrected chi connectivity index (χ1v) is 9.75. The molecule has 1 aliphatic rings. The molecule has 0 aliphatic carbocycles. The molecule has 0 saturated carbocycles. The highest BCUT2D eigenvalue weighted by Gasteiger charge is 2.32. The number of aromatic hydroxyl groups is 1. The normalized spacial score (nSPS) is 15.4. The molecule has 6 heteroatoms. The number of hydrogen-bond acceptors (Lipinski definition) is 4. The second kappa shape index (κ2) is 6.55. The number of phenols is 1. The average Bonchev–Trinajstić information content (AvgIpc) is 3.03. The summed E-state index contributed by atoms with van der Waals surface area (Å²) in [6, 6.07) is 9.65. The summed E-state index contributed by atoms with van der Waals surface area (Å²) in [6.45, 7) is 10.1. The number of carbonyl (C=O) groups is 1. The van der Waals surface area contributed by atoms with Crippen molar-refractivity contribution in [3.8, 4) is 17.1 Å². The number of nitrogens with one attached hydrogen (secondary N) is 2. The summed E-state index contributed by atoms with van der Waals surface area (Å²) >= 11 is 0. The Morgan fingerprint density at radius 3 is 2.61 bits per heavy atom. The third kappa shape index (κ3) is 2.99. The molecule has 1 aliphatic heterocycles. The molecule has 1 aromatic heterocycles. The average molecular weight is 378 g/mol. The van der Waals surface area contributed by atoms with Crippen molar-refractivity contribution in [2.24, 2.45) is 0 Å². The Bertz CT molecular complexity index is 1060. The smallest absolute Gasteiger partial charge is 0.225 e. The number of phenolic OH excluding ortho intramolecular Hbond substituents is 1. The van der Waals surface area contributed by atoms with Gasteiger partial charge in [-0.05, 0) is 43.7 Å². The fourth-order valence-corrected chi connectivity index (χ4v) is 4.04. The summed E-state index contributed by atoms with van der Waals surface area (Å²) in [4.78, 5) is 22.2. The van der Waals surface area contributed by atoms with E-state index in [-0.39, 0.29) is 17.1 Å². The van der Waals surface area contributed by atoms with Gasteiger partial charge in [-0.1, -0.05) is 13.8 Å². The fraction of sp³-hybridized carbons (Fsp3) is 0.364. The number of fused-ring (bicyclic) bond motifs is 2. The van der Waals surface area contributed by atoms with Gasteiger partial charge in [-0.2, -0.15) is 0 Å². The van der Waals surface area contributed by atoms with Crippen LogP contribution in [0.25, 0.3) is 22.4 Å². The van der Waals surface area contributed by atoms with Crippen molar-refractivity contribution in [1.82, 2.24) is 9.97 Å². The van der Waals surface area contributed by atoms with Gasteiger partial charge in [0.25, 0.3) is 0 Å². The zero-order chi connectivity index (χ0) is 20.1. The maximum Gasteiger partial charge on any atom is 0.225 e. The van der Waals surface area contributed by atoms with E-state index in [1.165, 1.54) is 0 Å². The Kier molecular flexibility index (Phi) is 4.29. The van der Waals surface area contributed by atoms with E-state index in [1.807, 2.05) is 18.2 Å². The third-order valence-corrected chi connectivity index (χ3v) is 5.59. The van der Waals surface area contributed by atoms with E-state index in [9.17, 15) is 9.90 Å². The van der Waals surface area contributed by atoms with Crippen LogP contribution in [0, 0.1) is 0 Å². The lowest BCUT2D eigenvalue weighted by Gasteiger charge is -2.31. The maximum atomic E-state index is 12.0. The van der Waals surface area contributed by atoms with Crippen molar-refractivity contribution in [1.29, 1.82) is 0 Å². The zero-order valence-corrected chi connectivity index (χ0v) is 16.8. The summed E-state index contributed by atoms with van der Waals surface area (Å²) in [5.41, 5.74) is 4.98. The van der Waals surface area contributed by atoms with Crippen molar-refractivity contribution >= 4 is 28.3 Å². The summed E-state index contributed by atoms with van der Waals surface area (Å²) < 4.78 is 0. The molecule has 28 heavy (non-hydrogen) atoms.